The lowest BCUT2D eigenvalue weighted by atomic mass is 10.2. The summed E-state index contributed by atoms with van der Waals surface area (Å²) in [6.07, 6.45) is 2.26. The van der Waals surface area contributed by atoms with Crippen LogP contribution in [0.1, 0.15) is 18.5 Å². The zero-order valence-electron chi connectivity index (χ0n) is 16.6. The number of benzene rings is 1. The minimum Gasteiger partial charge on any atom is -0.461 e. The zero-order valence-corrected chi connectivity index (χ0v) is 16.6. The van der Waals surface area contributed by atoms with Gasteiger partial charge in [0.05, 0.1) is 12.8 Å². The highest BCUT2D eigenvalue weighted by Crippen LogP contribution is 2.19. The molecule has 0 radical (unpaired) electrons. The average molecular weight is 392 g/mol. The first kappa shape index (κ1) is 18.8. The molecular formula is C21H24N6O2. The summed E-state index contributed by atoms with van der Waals surface area (Å²) in [6, 6.07) is 13.7. The highest BCUT2D eigenvalue weighted by molar-refractivity contribution is 5.80. The van der Waals surface area contributed by atoms with Gasteiger partial charge in [-0.15, -0.1) is 0 Å². The number of hydrogen-bond acceptors (Lipinski definition) is 5. The number of fused-ring (bicyclic) bond motifs is 1. The van der Waals surface area contributed by atoms with Crippen LogP contribution in [0.3, 0.4) is 0 Å². The summed E-state index contributed by atoms with van der Waals surface area (Å²) >= 11 is 0. The molecule has 0 aliphatic rings. The molecule has 0 saturated heterocycles. The van der Waals surface area contributed by atoms with Gasteiger partial charge in [0.1, 0.15) is 17.2 Å². The molecule has 8 heteroatoms. The minimum atomic E-state index is 0.558. The fourth-order valence-corrected chi connectivity index (χ4v) is 3.08. The molecule has 0 bridgehead atoms. The van der Waals surface area contributed by atoms with Crippen LogP contribution < -0.4 is 5.32 Å². The number of aromatic amines is 1. The second kappa shape index (κ2) is 8.64. The summed E-state index contributed by atoms with van der Waals surface area (Å²) in [4.78, 5) is 11.2. The molecule has 0 aliphatic heterocycles. The Bertz CT molecular complexity index is 1050. The third kappa shape index (κ3) is 4.48. The van der Waals surface area contributed by atoms with Crippen LogP contribution in [0.4, 0.5) is 0 Å². The van der Waals surface area contributed by atoms with Crippen LogP contribution in [0, 0.1) is 0 Å². The van der Waals surface area contributed by atoms with E-state index in [0.717, 1.165) is 35.1 Å². The van der Waals surface area contributed by atoms with Crippen LogP contribution in [0.2, 0.25) is 0 Å². The molecule has 4 rings (SSSR count). The van der Waals surface area contributed by atoms with Crippen LogP contribution in [0.25, 0.3) is 22.6 Å². The minimum absolute atomic E-state index is 0.558. The van der Waals surface area contributed by atoms with Crippen LogP contribution in [-0.4, -0.2) is 46.2 Å². The third-order valence-corrected chi connectivity index (χ3v) is 4.45. The van der Waals surface area contributed by atoms with E-state index < -0.39 is 0 Å². The number of H-pyrrole nitrogens is 1. The van der Waals surface area contributed by atoms with Gasteiger partial charge in [-0.3, -0.25) is 10.1 Å². The summed E-state index contributed by atoms with van der Waals surface area (Å²) in [7, 11) is 2.00. The van der Waals surface area contributed by atoms with Crippen molar-refractivity contribution in [2.24, 2.45) is 4.99 Å². The van der Waals surface area contributed by atoms with Crippen molar-refractivity contribution in [1.82, 2.24) is 25.4 Å². The van der Waals surface area contributed by atoms with Gasteiger partial charge in [0, 0.05) is 31.9 Å². The van der Waals surface area contributed by atoms with Gasteiger partial charge in [-0.2, -0.15) is 5.10 Å². The van der Waals surface area contributed by atoms with Crippen molar-refractivity contribution >= 4 is 16.9 Å². The molecule has 0 aliphatic carbocycles. The Morgan fingerprint density at radius 3 is 2.93 bits per heavy atom. The molecule has 4 aromatic rings. The molecule has 0 amide bonds. The molecule has 150 valence electrons. The van der Waals surface area contributed by atoms with E-state index in [4.69, 9.17) is 13.8 Å². The lowest BCUT2D eigenvalue weighted by Crippen LogP contribution is -2.38. The average Bonchev–Trinajstić information content (AvgIpc) is 3.46. The number of para-hydroxylation sites is 1. The number of aromatic nitrogens is 3. The first-order valence-corrected chi connectivity index (χ1v) is 9.65. The van der Waals surface area contributed by atoms with E-state index in [0.29, 0.717) is 31.1 Å². The summed E-state index contributed by atoms with van der Waals surface area (Å²) in [5.41, 5.74) is 0.899. The maximum Gasteiger partial charge on any atom is 0.216 e. The second-order valence-electron chi connectivity index (χ2n) is 6.68. The predicted molar refractivity (Wildman–Crippen MR) is 111 cm³/mol. The normalized spacial score (nSPS) is 11.9. The predicted octanol–water partition coefficient (Wildman–Crippen LogP) is 3.45. The van der Waals surface area contributed by atoms with Gasteiger partial charge < -0.3 is 19.1 Å². The van der Waals surface area contributed by atoms with Gasteiger partial charge in [0.25, 0.3) is 0 Å². The van der Waals surface area contributed by atoms with E-state index in [9.17, 15) is 0 Å². The first-order valence-electron chi connectivity index (χ1n) is 9.65. The fraction of sp³-hybridized carbons (Fsp3) is 0.286. The number of nitrogens with one attached hydrogen (secondary N) is 2. The molecule has 1 aromatic carbocycles. The lowest BCUT2D eigenvalue weighted by molar-refractivity contribution is 0.412. The molecule has 0 spiro atoms. The molecule has 0 atom stereocenters. The topological polar surface area (TPSA) is 95.5 Å². The molecule has 0 saturated carbocycles. The Labute approximate surface area is 168 Å². The van der Waals surface area contributed by atoms with Crippen LogP contribution in [-0.2, 0) is 13.0 Å². The van der Waals surface area contributed by atoms with Crippen molar-refractivity contribution in [2.45, 2.75) is 19.9 Å². The van der Waals surface area contributed by atoms with Crippen LogP contribution in [0.15, 0.2) is 62.6 Å². The van der Waals surface area contributed by atoms with Gasteiger partial charge in [-0.05, 0) is 31.2 Å². The van der Waals surface area contributed by atoms with Crippen molar-refractivity contribution in [3.8, 4) is 11.6 Å². The van der Waals surface area contributed by atoms with Crippen molar-refractivity contribution in [1.29, 1.82) is 0 Å². The largest absolute Gasteiger partial charge is 0.461 e. The Morgan fingerprint density at radius 1 is 1.24 bits per heavy atom. The number of furan rings is 2. The van der Waals surface area contributed by atoms with Gasteiger partial charge in [-0.1, -0.05) is 18.2 Å². The van der Waals surface area contributed by atoms with E-state index in [1.807, 2.05) is 37.4 Å². The summed E-state index contributed by atoms with van der Waals surface area (Å²) in [5, 5.41) is 11.6. The number of nitrogens with zero attached hydrogens (tertiary/aromatic N) is 4. The second-order valence-corrected chi connectivity index (χ2v) is 6.68. The van der Waals surface area contributed by atoms with Crippen molar-refractivity contribution < 1.29 is 8.83 Å². The Balaban J connectivity index is 1.39. The molecule has 3 aromatic heterocycles. The highest BCUT2D eigenvalue weighted by atomic mass is 16.3. The van der Waals surface area contributed by atoms with E-state index >= 15 is 0 Å². The van der Waals surface area contributed by atoms with Crippen LogP contribution >= 0.6 is 0 Å². The molecule has 8 nitrogen and oxygen atoms in total. The van der Waals surface area contributed by atoms with E-state index in [-0.39, 0.29) is 0 Å². The maximum atomic E-state index is 5.92. The summed E-state index contributed by atoms with van der Waals surface area (Å²) < 4.78 is 11.2. The van der Waals surface area contributed by atoms with Crippen molar-refractivity contribution in [3.05, 3.63) is 60.3 Å². The standard InChI is InChI=1S/C21H24N6O2/c1-3-22-21(27(2)14-16-13-15-7-4-5-8-17(15)29-16)23-11-10-19-24-20(26-25-19)18-9-6-12-28-18/h4-9,12-13H,3,10-11,14H2,1-2H3,(H,22,23)(H,24,25,26). The molecule has 0 unspecified atom stereocenters. The van der Waals surface area contributed by atoms with Gasteiger partial charge in [0.15, 0.2) is 11.7 Å². The zero-order chi connectivity index (χ0) is 20.1. The Hall–Kier alpha value is -3.55. The van der Waals surface area contributed by atoms with Gasteiger partial charge in [0.2, 0.25) is 5.82 Å². The quantitative estimate of drug-likeness (QED) is 0.369. The smallest absolute Gasteiger partial charge is 0.216 e. The molecule has 2 N–H and O–H groups in total. The first-order chi connectivity index (χ1) is 14.2. The Kier molecular flexibility index (Phi) is 5.60. The monoisotopic (exact) mass is 392 g/mol. The highest BCUT2D eigenvalue weighted by Gasteiger charge is 2.11. The lowest BCUT2D eigenvalue weighted by Gasteiger charge is -2.20. The number of hydrogen-bond donors (Lipinski definition) is 2. The SMILES string of the molecule is CCNC(=NCCc1nc(-c2ccco2)n[nH]1)N(C)Cc1cc2ccccc2o1. The summed E-state index contributed by atoms with van der Waals surface area (Å²) in [6.45, 7) is 4.05. The van der Waals surface area contributed by atoms with E-state index in [2.05, 4.69) is 44.5 Å². The number of guanidine groups is 1. The number of rotatable bonds is 7. The van der Waals surface area contributed by atoms with Crippen molar-refractivity contribution in [3.63, 3.8) is 0 Å². The fourth-order valence-electron chi connectivity index (χ4n) is 3.08. The van der Waals surface area contributed by atoms with Gasteiger partial charge in [-0.25, -0.2) is 4.98 Å². The molecule has 3 heterocycles. The van der Waals surface area contributed by atoms with Gasteiger partial charge >= 0.3 is 0 Å². The molecule has 29 heavy (non-hydrogen) atoms. The van der Waals surface area contributed by atoms with Crippen molar-refractivity contribution in [2.75, 3.05) is 20.1 Å². The van der Waals surface area contributed by atoms with E-state index in [1.54, 1.807) is 6.26 Å². The molecular weight excluding hydrogens is 368 g/mol. The third-order valence-electron chi connectivity index (χ3n) is 4.45. The molecule has 0 fully saturated rings. The maximum absolute atomic E-state index is 5.92. The number of aliphatic imine (C=N–C) groups is 1. The van der Waals surface area contributed by atoms with E-state index in [1.165, 1.54) is 0 Å². The van der Waals surface area contributed by atoms with Crippen LogP contribution in [0.5, 0.6) is 0 Å². The Morgan fingerprint density at radius 2 is 2.14 bits per heavy atom. The summed E-state index contributed by atoms with van der Waals surface area (Å²) in [5.74, 6) is 3.70.